The second kappa shape index (κ2) is 4.10. The molecule has 0 spiro atoms. The Kier molecular flexibility index (Phi) is 3.16. The summed E-state index contributed by atoms with van der Waals surface area (Å²) in [5, 5.41) is 20.8. The summed E-state index contributed by atoms with van der Waals surface area (Å²) >= 11 is 0. The number of allylic oxidation sites excluding steroid dienone is 1. The van der Waals surface area contributed by atoms with E-state index in [0.29, 0.717) is 24.7 Å². The number of fused-ring (bicyclic) bond motifs is 1. The fraction of sp³-hybridized carbons (Fsp3) is 0.867. The van der Waals surface area contributed by atoms with Gasteiger partial charge in [-0.3, -0.25) is 0 Å². The lowest BCUT2D eigenvalue weighted by molar-refractivity contribution is -0.0521. The van der Waals surface area contributed by atoms with Crippen LogP contribution in [0.4, 0.5) is 0 Å². The van der Waals surface area contributed by atoms with Gasteiger partial charge in [0.2, 0.25) is 0 Å². The van der Waals surface area contributed by atoms with Gasteiger partial charge in [-0.15, -0.1) is 0 Å². The van der Waals surface area contributed by atoms with Crippen LogP contribution in [0.3, 0.4) is 0 Å². The molecule has 0 aromatic heterocycles. The van der Waals surface area contributed by atoms with Crippen molar-refractivity contribution in [2.24, 2.45) is 17.3 Å². The Labute approximate surface area is 105 Å². The molecule has 0 aromatic rings. The molecule has 0 unspecified atom stereocenters. The molecular formula is C15H26O2. The van der Waals surface area contributed by atoms with Crippen LogP contribution in [0.2, 0.25) is 0 Å². The van der Waals surface area contributed by atoms with Crippen LogP contribution in [0.25, 0.3) is 0 Å². The lowest BCUT2D eigenvalue weighted by Crippen LogP contribution is -2.50. The molecule has 0 saturated heterocycles. The summed E-state index contributed by atoms with van der Waals surface area (Å²) in [6.07, 6.45) is 5.50. The number of hydrogen-bond donors (Lipinski definition) is 2. The van der Waals surface area contributed by atoms with Crippen LogP contribution in [0, 0.1) is 17.3 Å². The Morgan fingerprint density at radius 2 is 1.88 bits per heavy atom. The second-order valence-electron chi connectivity index (χ2n) is 6.77. The van der Waals surface area contributed by atoms with E-state index in [1.807, 2.05) is 6.92 Å². The lowest BCUT2D eigenvalue weighted by atomic mass is 9.57. The first-order valence-corrected chi connectivity index (χ1v) is 6.90. The van der Waals surface area contributed by atoms with Gasteiger partial charge in [-0.2, -0.15) is 0 Å². The smallest absolute Gasteiger partial charge is 0.0836 e. The van der Waals surface area contributed by atoms with Crippen LogP contribution in [-0.4, -0.2) is 21.9 Å². The third-order valence-electron chi connectivity index (χ3n) is 5.07. The van der Waals surface area contributed by atoms with E-state index in [4.69, 9.17) is 0 Å². The molecule has 2 aliphatic carbocycles. The van der Waals surface area contributed by atoms with E-state index in [1.54, 1.807) is 0 Å². The molecule has 0 heterocycles. The van der Waals surface area contributed by atoms with Gasteiger partial charge >= 0.3 is 0 Å². The summed E-state index contributed by atoms with van der Waals surface area (Å²) in [4.78, 5) is 0. The van der Waals surface area contributed by atoms with Gasteiger partial charge in [-0.05, 0) is 50.0 Å². The number of hydrogen-bond acceptors (Lipinski definition) is 2. The van der Waals surface area contributed by atoms with Crippen molar-refractivity contribution in [3.05, 3.63) is 11.6 Å². The summed E-state index contributed by atoms with van der Waals surface area (Å²) in [7, 11) is 0. The highest BCUT2D eigenvalue weighted by atomic mass is 16.3. The fourth-order valence-corrected chi connectivity index (χ4v) is 3.63. The summed E-state index contributed by atoms with van der Waals surface area (Å²) in [6, 6.07) is 0. The minimum Gasteiger partial charge on any atom is -0.392 e. The van der Waals surface area contributed by atoms with Crippen LogP contribution in [-0.2, 0) is 0 Å². The predicted octanol–water partition coefficient (Wildman–Crippen LogP) is 2.89. The Bertz CT molecular complexity index is 330. The van der Waals surface area contributed by atoms with Gasteiger partial charge in [-0.1, -0.05) is 26.8 Å². The standard InChI is InChI=1S/C15H26O2/c1-10(2)11-5-7-14(3)12(9-11)15(4,17)8-6-13(14)16/h9-11,13,16-17H,5-8H2,1-4H3/t11-,13-,14-,15-/m1/s1. The molecule has 1 saturated carbocycles. The van der Waals surface area contributed by atoms with E-state index in [-0.39, 0.29) is 11.5 Å². The zero-order valence-corrected chi connectivity index (χ0v) is 11.5. The maximum absolute atomic E-state index is 10.6. The van der Waals surface area contributed by atoms with Crippen molar-refractivity contribution in [3.63, 3.8) is 0 Å². The van der Waals surface area contributed by atoms with Crippen LogP contribution in [0.5, 0.6) is 0 Å². The van der Waals surface area contributed by atoms with E-state index in [1.165, 1.54) is 0 Å². The Balaban J connectivity index is 2.40. The third-order valence-corrected chi connectivity index (χ3v) is 5.07. The van der Waals surface area contributed by atoms with Crippen molar-refractivity contribution >= 4 is 0 Å². The number of aliphatic hydroxyl groups excluding tert-OH is 1. The molecule has 1 fully saturated rings. The summed E-state index contributed by atoms with van der Waals surface area (Å²) in [6.45, 7) is 8.50. The molecule has 0 bridgehead atoms. The minimum absolute atomic E-state index is 0.201. The molecule has 0 radical (unpaired) electrons. The lowest BCUT2D eigenvalue weighted by Gasteiger charge is -2.51. The monoisotopic (exact) mass is 238 g/mol. The Hall–Kier alpha value is -0.340. The van der Waals surface area contributed by atoms with E-state index in [0.717, 1.165) is 18.4 Å². The maximum Gasteiger partial charge on any atom is 0.0836 e. The maximum atomic E-state index is 10.6. The minimum atomic E-state index is -0.721. The van der Waals surface area contributed by atoms with Crippen molar-refractivity contribution in [2.75, 3.05) is 0 Å². The summed E-state index contributed by atoms with van der Waals surface area (Å²) in [5.74, 6) is 1.16. The van der Waals surface area contributed by atoms with E-state index in [2.05, 4.69) is 26.8 Å². The average molecular weight is 238 g/mol. The van der Waals surface area contributed by atoms with Gasteiger partial charge in [0.15, 0.2) is 0 Å². The highest BCUT2D eigenvalue weighted by molar-refractivity contribution is 5.31. The Morgan fingerprint density at radius 3 is 2.47 bits per heavy atom. The number of rotatable bonds is 1. The van der Waals surface area contributed by atoms with Crippen molar-refractivity contribution < 1.29 is 10.2 Å². The fourth-order valence-electron chi connectivity index (χ4n) is 3.63. The van der Waals surface area contributed by atoms with Crippen molar-refractivity contribution in [3.8, 4) is 0 Å². The van der Waals surface area contributed by atoms with Gasteiger partial charge in [0.25, 0.3) is 0 Å². The van der Waals surface area contributed by atoms with Crippen LogP contribution >= 0.6 is 0 Å². The molecule has 2 N–H and O–H groups in total. The molecule has 98 valence electrons. The molecule has 2 heteroatoms. The first kappa shape index (κ1) is 13.1. The quantitative estimate of drug-likeness (QED) is 0.690. The Morgan fingerprint density at radius 1 is 1.24 bits per heavy atom. The third kappa shape index (κ3) is 2.06. The molecule has 2 nitrogen and oxygen atoms in total. The molecule has 0 aromatic carbocycles. The van der Waals surface area contributed by atoms with Gasteiger partial charge in [0, 0.05) is 5.41 Å². The van der Waals surface area contributed by atoms with Crippen molar-refractivity contribution in [1.29, 1.82) is 0 Å². The second-order valence-corrected chi connectivity index (χ2v) is 6.77. The van der Waals surface area contributed by atoms with E-state index in [9.17, 15) is 10.2 Å². The molecule has 0 aliphatic heterocycles. The highest BCUT2D eigenvalue weighted by Gasteiger charge is 2.50. The summed E-state index contributed by atoms with van der Waals surface area (Å²) in [5.41, 5.74) is 0.169. The van der Waals surface area contributed by atoms with Crippen LogP contribution in [0.1, 0.15) is 53.4 Å². The molecule has 2 rings (SSSR count). The molecule has 17 heavy (non-hydrogen) atoms. The normalized spacial score (nSPS) is 46.6. The summed E-state index contributed by atoms with van der Waals surface area (Å²) < 4.78 is 0. The van der Waals surface area contributed by atoms with Gasteiger partial charge < -0.3 is 10.2 Å². The van der Waals surface area contributed by atoms with Gasteiger partial charge in [-0.25, -0.2) is 0 Å². The van der Waals surface area contributed by atoms with Crippen molar-refractivity contribution in [2.45, 2.75) is 65.1 Å². The average Bonchev–Trinajstić information content (AvgIpc) is 2.24. The highest BCUT2D eigenvalue weighted by Crippen LogP contribution is 2.53. The van der Waals surface area contributed by atoms with E-state index < -0.39 is 5.60 Å². The molecule has 2 aliphatic rings. The van der Waals surface area contributed by atoms with Crippen LogP contribution < -0.4 is 0 Å². The SMILES string of the molecule is CC(C)[C@H]1C=C2[C@](C)(O)CC[C@@H](O)[C@]2(C)CC1. The van der Waals surface area contributed by atoms with E-state index >= 15 is 0 Å². The van der Waals surface area contributed by atoms with Crippen LogP contribution in [0.15, 0.2) is 11.6 Å². The first-order chi connectivity index (χ1) is 7.77. The van der Waals surface area contributed by atoms with Crippen molar-refractivity contribution in [1.82, 2.24) is 0 Å². The molecular weight excluding hydrogens is 212 g/mol. The zero-order chi connectivity index (χ0) is 12.8. The van der Waals surface area contributed by atoms with Gasteiger partial charge in [0.1, 0.15) is 0 Å². The topological polar surface area (TPSA) is 40.5 Å². The molecule has 0 amide bonds. The predicted molar refractivity (Wildman–Crippen MR) is 69.6 cm³/mol. The van der Waals surface area contributed by atoms with Gasteiger partial charge in [0.05, 0.1) is 11.7 Å². The first-order valence-electron chi connectivity index (χ1n) is 6.90. The zero-order valence-electron chi connectivity index (χ0n) is 11.5. The molecule has 4 atom stereocenters. The number of aliphatic hydroxyl groups is 2. The largest absolute Gasteiger partial charge is 0.392 e.